The molecular formula is C18H15F3N4O2S. The Kier molecular flexibility index (Phi) is 5.32. The molecule has 2 aromatic heterocycles. The average molecular weight is 408 g/mol. The Morgan fingerprint density at radius 1 is 1.29 bits per heavy atom. The number of benzene rings is 1. The molecule has 0 aliphatic heterocycles. The van der Waals surface area contributed by atoms with E-state index in [1.807, 2.05) is 13.8 Å². The summed E-state index contributed by atoms with van der Waals surface area (Å²) in [7, 11) is 0. The van der Waals surface area contributed by atoms with E-state index in [1.165, 1.54) is 29.7 Å². The molecule has 0 aliphatic rings. The third-order valence-electron chi connectivity index (χ3n) is 4.06. The van der Waals surface area contributed by atoms with Crippen LogP contribution in [0.25, 0.3) is 10.2 Å². The standard InChI is InChI=1S/C18H15F3N4O2S/c1-9-10(2)28-17-15(9)16(27)23-13(24-17)7-14(26)25-22-8-11-3-5-12(6-4-11)18(19,20)21/h3-6,8H,7H2,1-2H3,(H,25,26)(H,23,24,27)/b22-8+. The van der Waals surface area contributed by atoms with Crippen LogP contribution in [0.3, 0.4) is 0 Å². The summed E-state index contributed by atoms with van der Waals surface area (Å²) in [5.41, 5.74) is 2.45. The Bertz CT molecular complexity index is 1110. The summed E-state index contributed by atoms with van der Waals surface area (Å²) in [5.74, 6) is -0.309. The number of alkyl halides is 3. The van der Waals surface area contributed by atoms with E-state index in [4.69, 9.17) is 0 Å². The molecule has 0 radical (unpaired) electrons. The number of hydrazone groups is 1. The number of H-pyrrole nitrogens is 1. The highest BCUT2D eigenvalue weighted by Crippen LogP contribution is 2.29. The highest BCUT2D eigenvalue weighted by atomic mass is 32.1. The van der Waals surface area contributed by atoms with Crippen molar-refractivity contribution >= 4 is 33.7 Å². The van der Waals surface area contributed by atoms with Crippen molar-refractivity contribution in [2.24, 2.45) is 5.10 Å². The molecule has 0 aliphatic carbocycles. The van der Waals surface area contributed by atoms with Gasteiger partial charge in [0, 0.05) is 4.88 Å². The molecule has 0 saturated carbocycles. The number of aromatic amines is 1. The van der Waals surface area contributed by atoms with Gasteiger partial charge in [-0.15, -0.1) is 11.3 Å². The van der Waals surface area contributed by atoms with Crippen LogP contribution in [0.15, 0.2) is 34.2 Å². The van der Waals surface area contributed by atoms with E-state index in [0.717, 1.165) is 22.6 Å². The first kappa shape index (κ1) is 19.7. The summed E-state index contributed by atoms with van der Waals surface area (Å²) in [6, 6.07) is 4.34. The fourth-order valence-electron chi connectivity index (χ4n) is 2.51. The van der Waals surface area contributed by atoms with E-state index in [2.05, 4.69) is 20.5 Å². The van der Waals surface area contributed by atoms with Gasteiger partial charge in [-0.1, -0.05) is 12.1 Å². The summed E-state index contributed by atoms with van der Waals surface area (Å²) in [4.78, 5) is 32.6. The summed E-state index contributed by atoms with van der Waals surface area (Å²) in [6.45, 7) is 3.73. The number of carbonyl (C=O) groups excluding carboxylic acids is 1. The van der Waals surface area contributed by atoms with Gasteiger partial charge >= 0.3 is 6.18 Å². The largest absolute Gasteiger partial charge is 0.416 e. The van der Waals surface area contributed by atoms with Gasteiger partial charge in [-0.3, -0.25) is 9.59 Å². The minimum Gasteiger partial charge on any atom is -0.309 e. The van der Waals surface area contributed by atoms with Gasteiger partial charge in [0.15, 0.2) is 0 Å². The first-order valence-electron chi connectivity index (χ1n) is 8.13. The van der Waals surface area contributed by atoms with Crippen molar-refractivity contribution in [3.8, 4) is 0 Å². The lowest BCUT2D eigenvalue weighted by molar-refractivity contribution is -0.137. The van der Waals surface area contributed by atoms with Crippen molar-refractivity contribution in [2.75, 3.05) is 0 Å². The molecule has 6 nitrogen and oxygen atoms in total. The molecule has 2 N–H and O–H groups in total. The second-order valence-electron chi connectivity index (χ2n) is 6.07. The fraction of sp³-hybridized carbons (Fsp3) is 0.222. The van der Waals surface area contributed by atoms with Gasteiger partial charge in [-0.05, 0) is 37.1 Å². The highest BCUT2D eigenvalue weighted by molar-refractivity contribution is 7.18. The summed E-state index contributed by atoms with van der Waals surface area (Å²) in [6.07, 6.45) is -3.37. The van der Waals surface area contributed by atoms with Gasteiger partial charge < -0.3 is 4.98 Å². The number of fused-ring (bicyclic) bond motifs is 1. The van der Waals surface area contributed by atoms with Gasteiger partial charge in [0.2, 0.25) is 5.91 Å². The SMILES string of the molecule is Cc1sc2nc(CC(=O)N/N=C/c3ccc(C(F)(F)F)cc3)[nH]c(=O)c2c1C. The molecule has 3 aromatic rings. The molecule has 0 fully saturated rings. The highest BCUT2D eigenvalue weighted by Gasteiger charge is 2.29. The van der Waals surface area contributed by atoms with Gasteiger partial charge in [-0.25, -0.2) is 10.4 Å². The number of hydrogen-bond acceptors (Lipinski definition) is 5. The molecular weight excluding hydrogens is 393 g/mol. The van der Waals surface area contributed by atoms with E-state index >= 15 is 0 Å². The zero-order valence-electron chi connectivity index (χ0n) is 14.8. The van der Waals surface area contributed by atoms with Gasteiger partial charge in [0.1, 0.15) is 10.7 Å². The Labute approximate surface area is 161 Å². The Hall–Kier alpha value is -3.01. The Balaban J connectivity index is 1.65. The van der Waals surface area contributed by atoms with Crippen LogP contribution in [0.1, 0.15) is 27.4 Å². The van der Waals surface area contributed by atoms with E-state index in [9.17, 15) is 22.8 Å². The molecule has 1 amide bonds. The number of rotatable bonds is 4. The second-order valence-corrected chi connectivity index (χ2v) is 7.27. The van der Waals surface area contributed by atoms with Crippen LogP contribution >= 0.6 is 11.3 Å². The number of aryl methyl sites for hydroxylation is 2. The van der Waals surface area contributed by atoms with Gasteiger partial charge in [-0.2, -0.15) is 18.3 Å². The predicted molar refractivity (Wildman–Crippen MR) is 101 cm³/mol. The van der Waals surface area contributed by atoms with E-state index in [0.29, 0.717) is 15.8 Å². The van der Waals surface area contributed by atoms with Crippen LogP contribution in [0, 0.1) is 13.8 Å². The molecule has 0 spiro atoms. The van der Waals surface area contributed by atoms with E-state index in [1.54, 1.807) is 0 Å². The maximum Gasteiger partial charge on any atom is 0.416 e. The van der Waals surface area contributed by atoms with Crippen molar-refractivity contribution in [1.29, 1.82) is 0 Å². The first-order chi connectivity index (χ1) is 13.1. The minimum absolute atomic E-state index is 0.189. The lowest BCUT2D eigenvalue weighted by Crippen LogP contribution is -2.23. The number of hydrogen-bond donors (Lipinski definition) is 2. The zero-order chi connectivity index (χ0) is 20.5. The van der Waals surface area contributed by atoms with Crippen molar-refractivity contribution in [3.05, 3.63) is 62.0 Å². The molecule has 0 bridgehead atoms. The number of carbonyl (C=O) groups is 1. The lowest BCUT2D eigenvalue weighted by atomic mass is 10.1. The number of nitrogens with zero attached hydrogens (tertiary/aromatic N) is 2. The van der Waals surface area contributed by atoms with Crippen LogP contribution in [-0.2, 0) is 17.4 Å². The fourth-order valence-corrected chi connectivity index (χ4v) is 3.56. The van der Waals surface area contributed by atoms with Gasteiger partial charge in [0.05, 0.1) is 23.6 Å². The van der Waals surface area contributed by atoms with Gasteiger partial charge in [0.25, 0.3) is 5.56 Å². The van der Waals surface area contributed by atoms with E-state index < -0.39 is 17.6 Å². The van der Waals surface area contributed by atoms with Crippen LogP contribution < -0.4 is 11.0 Å². The number of aromatic nitrogens is 2. The maximum absolute atomic E-state index is 12.5. The molecule has 146 valence electrons. The van der Waals surface area contributed by atoms with Crippen LogP contribution in [-0.4, -0.2) is 22.1 Å². The Morgan fingerprint density at radius 3 is 2.61 bits per heavy atom. The molecule has 28 heavy (non-hydrogen) atoms. The molecule has 1 aromatic carbocycles. The minimum atomic E-state index is -4.41. The van der Waals surface area contributed by atoms with Crippen LogP contribution in [0.4, 0.5) is 13.2 Å². The van der Waals surface area contributed by atoms with Crippen molar-refractivity contribution in [3.63, 3.8) is 0 Å². The second kappa shape index (κ2) is 7.55. The number of halogens is 3. The lowest BCUT2D eigenvalue weighted by Gasteiger charge is -2.05. The summed E-state index contributed by atoms with van der Waals surface area (Å²) < 4.78 is 37.5. The molecule has 0 unspecified atom stereocenters. The Morgan fingerprint density at radius 2 is 1.96 bits per heavy atom. The van der Waals surface area contributed by atoms with Crippen molar-refractivity contribution in [1.82, 2.24) is 15.4 Å². The number of amides is 1. The summed E-state index contributed by atoms with van der Waals surface area (Å²) >= 11 is 1.38. The zero-order valence-corrected chi connectivity index (χ0v) is 15.7. The van der Waals surface area contributed by atoms with Crippen LogP contribution in [0.5, 0.6) is 0 Å². The van der Waals surface area contributed by atoms with Crippen LogP contribution in [0.2, 0.25) is 0 Å². The molecule has 3 rings (SSSR count). The molecule has 2 heterocycles. The molecule has 0 saturated heterocycles. The predicted octanol–water partition coefficient (Wildman–Crippen LogP) is 3.31. The molecule has 10 heteroatoms. The van der Waals surface area contributed by atoms with E-state index in [-0.39, 0.29) is 17.8 Å². The monoisotopic (exact) mass is 408 g/mol. The normalized spacial score (nSPS) is 12.0. The third kappa shape index (κ3) is 4.28. The van der Waals surface area contributed by atoms with Crippen molar-refractivity contribution < 1.29 is 18.0 Å². The van der Waals surface area contributed by atoms with Crippen molar-refractivity contribution in [2.45, 2.75) is 26.4 Å². The quantitative estimate of drug-likeness (QED) is 0.513. The number of nitrogens with one attached hydrogen (secondary N) is 2. The topological polar surface area (TPSA) is 87.2 Å². The third-order valence-corrected chi connectivity index (χ3v) is 5.16. The molecule has 0 atom stereocenters. The summed E-state index contributed by atoms with van der Waals surface area (Å²) in [5, 5.41) is 4.23. The smallest absolute Gasteiger partial charge is 0.309 e. The average Bonchev–Trinajstić information content (AvgIpc) is 2.89. The number of thiophene rings is 1. The maximum atomic E-state index is 12.5. The first-order valence-corrected chi connectivity index (χ1v) is 8.95.